The predicted octanol–water partition coefficient (Wildman–Crippen LogP) is 3.61. The lowest BCUT2D eigenvalue weighted by Crippen LogP contribution is -2.14. The second kappa shape index (κ2) is 4.96. The van der Waals surface area contributed by atoms with E-state index in [1.807, 2.05) is 18.5 Å². The average Bonchev–Trinajstić information content (AvgIpc) is 3.21. The minimum absolute atomic E-state index is 0.743. The highest BCUT2D eigenvalue weighted by Crippen LogP contribution is 2.28. The van der Waals surface area contributed by atoms with E-state index in [1.54, 1.807) is 11.3 Å². The first-order chi connectivity index (χ1) is 9.88. The maximum Gasteiger partial charge on any atom is 0.123 e. The molecule has 0 amide bonds. The lowest BCUT2D eigenvalue weighted by atomic mass is 10.1. The number of nitrogens with one attached hydrogen (secondary N) is 1. The summed E-state index contributed by atoms with van der Waals surface area (Å²) in [4.78, 5) is 10.2. The van der Waals surface area contributed by atoms with Gasteiger partial charge in [0.15, 0.2) is 0 Å². The molecule has 2 aromatic heterocycles. The summed E-state index contributed by atoms with van der Waals surface area (Å²) >= 11 is 1.77. The molecule has 3 nitrogen and oxygen atoms in total. The highest BCUT2D eigenvalue weighted by atomic mass is 32.1. The van der Waals surface area contributed by atoms with Gasteiger partial charge >= 0.3 is 0 Å². The van der Waals surface area contributed by atoms with Crippen LogP contribution in [0.1, 0.15) is 17.7 Å². The molecule has 1 aliphatic carbocycles. The van der Waals surface area contributed by atoms with Crippen molar-refractivity contribution in [3.63, 3.8) is 0 Å². The van der Waals surface area contributed by atoms with Crippen LogP contribution in [0.3, 0.4) is 0 Å². The van der Waals surface area contributed by atoms with Gasteiger partial charge in [-0.3, -0.25) is 4.98 Å². The summed E-state index contributed by atoms with van der Waals surface area (Å²) < 4.78 is 0. The quantitative estimate of drug-likeness (QED) is 0.794. The first-order valence-electron chi connectivity index (χ1n) is 6.92. The maximum atomic E-state index is 4.55. The van der Waals surface area contributed by atoms with E-state index in [0.717, 1.165) is 28.5 Å². The molecule has 4 rings (SSSR count). The maximum absolute atomic E-state index is 4.55. The molecule has 3 aromatic rings. The van der Waals surface area contributed by atoms with Crippen LogP contribution in [0.15, 0.2) is 42.7 Å². The Hall–Kier alpha value is -1.78. The number of nitrogens with zero attached hydrogens (tertiary/aromatic N) is 2. The number of pyridine rings is 1. The first kappa shape index (κ1) is 12.0. The van der Waals surface area contributed by atoms with Gasteiger partial charge in [-0.1, -0.05) is 6.07 Å². The van der Waals surface area contributed by atoms with Gasteiger partial charge < -0.3 is 5.32 Å². The molecule has 0 aliphatic heterocycles. The second-order valence-corrected chi connectivity index (χ2v) is 6.31. The largest absolute Gasteiger partial charge is 0.309 e. The van der Waals surface area contributed by atoms with Gasteiger partial charge in [0.25, 0.3) is 0 Å². The van der Waals surface area contributed by atoms with E-state index in [-0.39, 0.29) is 0 Å². The number of rotatable bonds is 4. The standard InChI is InChI=1S/C16H15N3S/c1-2-11-8-12(3-6-15(11)17-7-1)16-19-10-14(20-16)9-18-13-4-5-13/h1-3,6-8,10,13,18H,4-5,9H2. The number of fused-ring (bicyclic) bond motifs is 1. The Morgan fingerprint density at radius 2 is 2.15 bits per heavy atom. The Bertz CT molecular complexity index is 746. The molecule has 2 heterocycles. The summed E-state index contributed by atoms with van der Waals surface area (Å²) in [5, 5.41) is 5.78. The van der Waals surface area contributed by atoms with Gasteiger partial charge in [0, 0.05) is 40.8 Å². The van der Waals surface area contributed by atoms with Gasteiger partial charge in [-0.25, -0.2) is 4.98 Å². The van der Waals surface area contributed by atoms with Crippen molar-refractivity contribution in [1.82, 2.24) is 15.3 Å². The van der Waals surface area contributed by atoms with E-state index in [0.29, 0.717) is 0 Å². The van der Waals surface area contributed by atoms with E-state index < -0.39 is 0 Å². The molecule has 0 unspecified atom stereocenters. The lowest BCUT2D eigenvalue weighted by Gasteiger charge is -2.00. The Balaban J connectivity index is 1.60. The molecule has 1 saturated carbocycles. The van der Waals surface area contributed by atoms with Gasteiger partial charge in [-0.15, -0.1) is 11.3 Å². The third kappa shape index (κ3) is 2.44. The van der Waals surface area contributed by atoms with Crippen LogP contribution in [0.4, 0.5) is 0 Å². The minimum Gasteiger partial charge on any atom is -0.309 e. The third-order valence-electron chi connectivity index (χ3n) is 3.55. The molecule has 20 heavy (non-hydrogen) atoms. The highest BCUT2D eigenvalue weighted by molar-refractivity contribution is 7.15. The van der Waals surface area contributed by atoms with E-state index in [1.165, 1.54) is 23.3 Å². The van der Waals surface area contributed by atoms with Crippen LogP contribution in [0.2, 0.25) is 0 Å². The molecule has 100 valence electrons. The second-order valence-electron chi connectivity index (χ2n) is 5.20. The van der Waals surface area contributed by atoms with E-state index in [9.17, 15) is 0 Å². The van der Waals surface area contributed by atoms with Gasteiger partial charge in [-0.05, 0) is 37.1 Å². The van der Waals surface area contributed by atoms with Gasteiger partial charge in [-0.2, -0.15) is 0 Å². The van der Waals surface area contributed by atoms with Crippen molar-refractivity contribution in [2.45, 2.75) is 25.4 Å². The Morgan fingerprint density at radius 1 is 1.20 bits per heavy atom. The first-order valence-corrected chi connectivity index (χ1v) is 7.73. The van der Waals surface area contributed by atoms with Crippen molar-refractivity contribution in [2.75, 3.05) is 0 Å². The predicted molar refractivity (Wildman–Crippen MR) is 82.7 cm³/mol. The minimum atomic E-state index is 0.743. The van der Waals surface area contributed by atoms with E-state index in [2.05, 4.69) is 39.6 Å². The van der Waals surface area contributed by atoms with Crippen LogP contribution in [0, 0.1) is 0 Å². The number of thiazole rings is 1. The molecule has 0 spiro atoms. The molecule has 1 aromatic carbocycles. The SMILES string of the molecule is c1cnc2ccc(-c3ncc(CNC4CC4)s3)cc2c1. The number of hydrogen-bond donors (Lipinski definition) is 1. The summed E-state index contributed by atoms with van der Waals surface area (Å²) in [5.74, 6) is 0. The zero-order valence-corrected chi connectivity index (χ0v) is 11.9. The molecule has 1 fully saturated rings. The third-order valence-corrected chi connectivity index (χ3v) is 4.59. The number of hydrogen-bond acceptors (Lipinski definition) is 4. The van der Waals surface area contributed by atoms with E-state index in [4.69, 9.17) is 0 Å². The van der Waals surface area contributed by atoms with Crippen molar-refractivity contribution in [1.29, 1.82) is 0 Å². The molecule has 1 N–H and O–H groups in total. The van der Waals surface area contributed by atoms with Crippen molar-refractivity contribution in [3.8, 4) is 10.6 Å². The average molecular weight is 281 g/mol. The molecular formula is C16H15N3S. The smallest absolute Gasteiger partial charge is 0.123 e. The van der Waals surface area contributed by atoms with Crippen molar-refractivity contribution in [2.24, 2.45) is 0 Å². The summed E-state index contributed by atoms with van der Waals surface area (Å²) in [7, 11) is 0. The van der Waals surface area contributed by atoms with E-state index >= 15 is 0 Å². The van der Waals surface area contributed by atoms with Crippen LogP contribution < -0.4 is 5.32 Å². The van der Waals surface area contributed by atoms with Crippen LogP contribution >= 0.6 is 11.3 Å². The Kier molecular flexibility index (Phi) is 2.98. The van der Waals surface area contributed by atoms with Gasteiger partial charge in [0.1, 0.15) is 5.01 Å². The topological polar surface area (TPSA) is 37.8 Å². The fraction of sp³-hybridized carbons (Fsp3) is 0.250. The van der Waals surface area contributed by atoms with Crippen LogP contribution in [-0.4, -0.2) is 16.0 Å². The molecule has 0 saturated heterocycles. The summed E-state index contributed by atoms with van der Waals surface area (Å²) in [5.41, 5.74) is 2.21. The molecule has 0 radical (unpaired) electrons. The van der Waals surface area contributed by atoms with Crippen molar-refractivity contribution >= 4 is 22.2 Å². The fourth-order valence-electron chi connectivity index (χ4n) is 2.26. The zero-order chi connectivity index (χ0) is 13.4. The monoisotopic (exact) mass is 281 g/mol. The summed E-state index contributed by atoms with van der Waals surface area (Å²) in [6.45, 7) is 0.942. The van der Waals surface area contributed by atoms with Crippen LogP contribution in [-0.2, 0) is 6.54 Å². The highest BCUT2D eigenvalue weighted by Gasteiger charge is 2.20. The van der Waals surface area contributed by atoms with Crippen molar-refractivity contribution < 1.29 is 0 Å². The van der Waals surface area contributed by atoms with Crippen LogP contribution in [0.25, 0.3) is 21.5 Å². The Labute approximate surface area is 121 Å². The van der Waals surface area contributed by atoms with Gasteiger partial charge in [0.2, 0.25) is 0 Å². The van der Waals surface area contributed by atoms with Crippen LogP contribution in [0.5, 0.6) is 0 Å². The molecule has 0 bridgehead atoms. The number of benzene rings is 1. The molecular weight excluding hydrogens is 266 g/mol. The molecule has 0 atom stereocenters. The fourth-order valence-corrected chi connectivity index (χ4v) is 3.12. The normalized spacial score (nSPS) is 14.8. The Morgan fingerprint density at radius 3 is 3.05 bits per heavy atom. The summed E-state index contributed by atoms with van der Waals surface area (Å²) in [6.07, 6.45) is 6.46. The molecule has 4 heteroatoms. The van der Waals surface area contributed by atoms with Gasteiger partial charge in [0.05, 0.1) is 5.52 Å². The summed E-state index contributed by atoms with van der Waals surface area (Å²) in [6, 6.07) is 11.1. The zero-order valence-electron chi connectivity index (χ0n) is 11.0. The number of aromatic nitrogens is 2. The van der Waals surface area contributed by atoms with Crippen molar-refractivity contribution in [3.05, 3.63) is 47.6 Å². The lowest BCUT2D eigenvalue weighted by molar-refractivity contribution is 0.694. The molecule has 1 aliphatic rings.